The summed E-state index contributed by atoms with van der Waals surface area (Å²) in [4.78, 5) is 0. The van der Waals surface area contributed by atoms with Crippen molar-refractivity contribution >= 4 is 0 Å². The highest BCUT2D eigenvalue weighted by Crippen LogP contribution is 2.39. The molecule has 14 heavy (non-hydrogen) atoms. The molecule has 3 unspecified atom stereocenters. The lowest BCUT2D eigenvalue weighted by atomic mass is 9.71. The first-order valence-electron chi connectivity index (χ1n) is 5.36. The van der Waals surface area contributed by atoms with Crippen molar-refractivity contribution in [3.8, 4) is 0 Å². The van der Waals surface area contributed by atoms with Crippen LogP contribution in [0.15, 0.2) is 36.4 Å². The molecule has 1 aromatic carbocycles. The Labute approximate surface area is 84.6 Å². The van der Waals surface area contributed by atoms with Crippen LogP contribution < -0.4 is 5.73 Å². The molecule has 1 heteroatoms. The fourth-order valence-electron chi connectivity index (χ4n) is 2.80. The first-order chi connectivity index (χ1) is 6.84. The van der Waals surface area contributed by atoms with Crippen molar-refractivity contribution in [2.75, 3.05) is 0 Å². The molecular weight excluding hydrogens is 170 g/mol. The number of hydrogen-bond donors (Lipinski definition) is 1. The molecule has 0 amide bonds. The summed E-state index contributed by atoms with van der Waals surface area (Å²) in [5.74, 6) is 1.30. The Bertz CT molecular complexity index is 381. The van der Waals surface area contributed by atoms with Crippen molar-refractivity contribution in [2.45, 2.75) is 24.8 Å². The lowest BCUT2D eigenvalue weighted by Crippen LogP contribution is -2.36. The molecule has 3 atom stereocenters. The molecule has 0 heterocycles. The van der Waals surface area contributed by atoms with Crippen LogP contribution in [0.5, 0.6) is 0 Å². The van der Waals surface area contributed by atoms with E-state index in [2.05, 4.69) is 36.4 Å². The summed E-state index contributed by atoms with van der Waals surface area (Å²) in [6, 6.07) is 9.06. The summed E-state index contributed by atoms with van der Waals surface area (Å²) in [5, 5.41) is 0. The van der Waals surface area contributed by atoms with Gasteiger partial charge < -0.3 is 5.73 Å². The second-order valence-corrected chi connectivity index (χ2v) is 4.47. The van der Waals surface area contributed by atoms with Crippen molar-refractivity contribution in [3.63, 3.8) is 0 Å². The summed E-state index contributed by atoms with van der Waals surface area (Å²) in [7, 11) is 0. The normalized spacial score (nSPS) is 33.9. The molecule has 72 valence electrons. The Morgan fingerprint density at radius 2 is 2.00 bits per heavy atom. The van der Waals surface area contributed by atoms with Gasteiger partial charge >= 0.3 is 0 Å². The molecule has 2 N–H and O–H groups in total. The third-order valence-electron chi connectivity index (χ3n) is 3.60. The van der Waals surface area contributed by atoms with E-state index >= 15 is 0 Å². The summed E-state index contributed by atoms with van der Waals surface area (Å²) in [6.45, 7) is 0. The van der Waals surface area contributed by atoms with Crippen LogP contribution in [0.2, 0.25) is 0 Å². The van der Waals surface area contributed by atoms with E-state index in [4.69, 9.17) is 5.73 Å². The van der Waals surface area contributed by atoms with Gasteiger partial charge in [0.2, 0.25) is 0 Å². The number of hydrogen-bond acceptors (Lipinski definition) is 1. The lowest BCUT2D eigenvalue weighted by molar-refractivity contribution is 0.378. The maximum Gasteiger partial charge on any atom is 0.0256 e. The average Bonchev–Trinajstić information content (AvgIpc) is 2.24. The van der Waals surface area contributed by atoms with Gasteiger partial charge in [-0.25, -0.2) is 0 Å². The van der Waals surface area contributed by atoms with E-state index in [0.29, 0.717) is 11.8 Å². The molecule has 2 aliphatic carbocycles. The molecule has 1 nitrogen and oxygen atoms in total. The van der Waals surface area contributed by atoms with E-state index in [1.807, 2.05) is 0 Å². The Morgan fingerprint density at radius 3 is 2.93 bits per heavy atom. The van der Waals surface area contributed by atoms with Gasteiger partial charge in [-0.05, 0) is 29.9 Å². The van der Waals surface area contributed by atoms with E-state index in [1.165, 1.54) is 17.5 Å². The Morgan fingerprint density at radius 1 is 1.14 bits per heavy atom. The van der Waals surface area contributed by atoms with Crippen LogP contribution in [-0.4, -0.2) is 6.04 Å². The molecule has 0 saturated carbocycles. The van der Waals surface area contributed by atoms with E-state index < -0.39 is 0 Å². The molecule has 2 bridgehead atoms. The van der Waals surface area contributed by atoms with E-state index in [1.54, 1.807) is 0 Å². The van der Waals surface area contributed by atoms with Crippen molar-refractivity contribution in [3.05, 3.63) is 47.5 Å². The van der Waals surface area contributed by atoms with E-state index in [0.717, 1.165) is 6.42 Å². The van der Waals surface area contributed by atoms with Crippen molar-refractivity contribution < 1.29 is 0 Å². The third kappa shape index (κ3) is 1.12. The molecule has 0 radical (unpaired) electrons. The summed E-state index contributed by atoms with van der Waals surface area (Å²) in [6.07, 6.45) is 6.89. The minimum Gasteiger partial charge on any atom is -0.324 e. The quantitative estimate of drug-likeness (QED) is 0.616. The van der Waals surface area contributed by atoms with Crippen LogP contribution in [-0.2, 0) is 6.42 Å². The van der Waals surface area contributed by atoms with Crippen LogP contribution in [0.25, 0.3) is 0 Å². The zero-order valence-corrected chi connectivity index (χ0v) is 8.19. The average molecular weight is 185 g/mol. The molecule has 0 spiro atoms. The molecule has 0 fully saturated rings. The van der Waals surface area contributed by atoms with Gasteiger partial charge in [-0.1, -0.05) is 36.4 Å². The van der Waals surface area contributed by atoms with Gasteiger partial charge in [0.1, 0.15) is 0 Å². The fraction of sp³-hybridized carbons (Fsp3) is 0.385. The van der Waals surface area contributed by atoms with Crippen LogP contribution >= 0.6 is 0 Å². The number of allylic oxidation sites excluding steroid dienone is 1. The molecule has 2 aliphatic rings. The summed E-state index contributed by atoms with van der Waals surface area (Å²) in [5.41, 5.74) is 9.08. The standard InChI is InChI=1S/C13H15N/c14-13-6-5-10-8-11(13)7-9-3-1-2-4-12(9)10/h1-6,10-11,13H,7-8,14H2. The fourth-order valence-corrected chi connectivity index (χ4v) is 2.80. The number of nitrogens with two attached hydrogens (primary N) is 1. The van der Waals surface area contributed by atoms with Gasteiger partial charge in [0, 0.05) is 12.0 Å². The SMILES string of the molecule is NC1C=CC2CC1Cc1ccccc12. The predicted molar refractivity (Wildman–Crippen MR) is 58.1 cm³/mol. The van der Waals surface area contributed by atoms with Crippen LogP contribution in [0.4, 0.5) is 0 Å². The zero-order valence-electron chi connectivity index (χ0n) is 8.19. The van der Waals surface area contributed by atoms with Gasteiger partial charge in [0.05, 0.1) is 0 Å². The number of fused-ring (bicyclic) bond motifs is 4. The summed E-state index contributed by atoms with van der Waals surface area (Å²) >= 11 is 0. The largest absolute Gasteiger partial charge is 0.324 e. The molecular formula is C13H15N. The number of rotatable bonds is 0. The molecule has 1 aromatic rings. The first kappa shape index (κ1) is 8.25. The number of benzene rings is 1. The summed E-state index contributed by atoms with van der Waals surface area (Å²) < 4.78 is 0. The Kier molecular flexibility index (Phi) is 1.74. The van der Waals surface area contributed by atoms with Gasteiger partial charge in [0.25, 0.3) is 0 Å². The predicted octanol–water partition coefficient (Wildman–Crippen LogP) is 2.23. The smallest absolute Gasteiger partial charge is 0.0256 e. The van der Waals surface area contributed by atoms with Crippen molar-refractivity contribution in [2.24, 2.45) is 11.7 Å². The first-order valence-corrected chi connectivity index (χ1v) is 5.36. The van der Waals surface area contributed by atoms with Crippen LogP contribution in [0.1, 0.15) is 23.5 Å². The van der Waals surface area contributed by atoms with Crippen LogP contribution in [0.3, 0.4) is 0 Å². The second-order valence-electron chi connectivity index (χ2n) is 4.47. The highest BCUT2D eigenvalue weighted by molar-refractivity contribution is 5.38. The monoisotopic (exact) mass is 185 g/mol. The van der Waals surface area contributed by atoms with Crippen molar-refractivity contribution in [1.82, 2.24) is 0 Å². The molecule has 0 saturated heterocycles. The van der Waals surface area contributed by atoms with Gasteiger partial charge in [-0.15, -0.1) is 0 Å². The van der Waals surface area contributed by atoms with Gasteiger partial charge in [0.15, 0.2) is 0 Å². The molecule has 3 rings (SSSR count). The minimum atomic E-state index is 0.277. The highest BCUT2D eigenvalue weighted by Gasteiger charge is 2.30. The Balaban J connectivity index is 2.09. The minimum absolute atomic E-state index is 0.277. The van der Waals surface area contributed by atoms with E-state index in [-0.39, 0.29) is 6.04 Å². The van der Waals surface area contributed by atoms with Crippen LogP contribution in [0, 0.1) is 5.92 Å². The maximum absolute atomic E-state index is 6.06. The topological polar surface area (TPSA) is 26.0 Å². The van der Waals surface area contributed by atoms with Gasteiger partial charge in [-0.2, -0.15) is 0 Å². The maximum atomic E-state index is 6.06. The third-order valence-corrected chi connectivity index (χ3v) is 3.60. The molecule has 0 aromatic heterocycles. The zero-order chi connectivity index (χ0) is 9.54. The van der Waals surface area contributed by atoms with Gasteiger partial charge in [-0.3, -0.25) is 0 Å². The highest BCUT2D eigenvalue weighted by atomic mass is 14.7. The molecule has 0 aliphatic heterocycles. The van der Waals surface area contributed by atoms with Crippen molar-refractivity contribution in [1.29, 1.82) is 0 Å². The lowest BCUT2D eigenvalue weighted by Gasteiger charge is -2.36. The van der Waals surface area contributed by atoms with E-state index in [9.17, 15) is 0 Å². The Hall–Kier alpha value is -1.08. The second kappa shape index (κ2) is 2.96.